The summed E-state index contributed by atoms with van der Waals surface area (Å²) in [7, 11) is 0. The summed E-state index contributed by atoms with van der Waals surface area (Å²) in [5, 5.41) is 14.0. The van der Waals surface area contributed by atoms with Crippen LogP contribution in [0.25, 0.3) is 0 Å². The molecule has 1 heterocycles. The van der Waals surface area contributed by atoms with Crippen molar-refractivity contribution in [3.05, 3.63) is 52.2 Å². The molecule has 2 nitrogen and oxygen atoms in total. The molecule has 0 unspecified atom stereocenters. The molecule has 0 aliphatic rings. The Bertz CT molecular complexity index is 451. The normalized spacial score (nSPS) is 12.4. The summed E-state index contributed by atoms with van der Waals surface area (Å²) >= 11 is 1.66. The van der Waals surface area contributed by atoms with Gasteiger partial charge in [-0.15, -0.1) is 0 Å². The molecule has 1 aromatic carbocycles. The van der Waals surface area contributed by atoms with Crippen LogP contribution in [-0.4, -0.2) is 5.11 Å². The first-order chi connectivity index (χ1) is 8.31. The van der Waals surface area contributed by atoms with Gasteiger partial charge in [0, 0.05) is 5.56 Å². The zero-order valence-corrected chi connectivity index (χ0v) is 10.6. The second-order valence-corrected chi connectivity index (χ2v) is 4.66. The first-order valence-electron chi connectivity index (χ1n) is 5.72. The van der Waals surface area contributed by atoms with Crippen molar-refractivity contribution >= 4 is 11.3 Å². The van der Waals surface area contributed by atoms with Crippen LogP contribution in [0.3, 0.4) is 0 Å². The molecule has 0 spiro atoms. The number of thiophene rings is 1. The SMILES string of the molecule is CC[C@H](O)c1ccccc1OCc1ccsc1. The average molecular weight is 248 g/mol. The molecule has 3 heteroatoms. The van der Waals surface area contributed by atoms with E-state index in [4.69, 9.17) is 4.74 Å². The number of benzene rings is 1. The zero-order chi connectivity index (χ0) is 12.1. The molecule has 0 bridgehead atoms. The van der Waals surface area contributed by atoms with Gasteiger partial charge in [-0.1, -0.05) is 25.1 Å². The number of para-hydroxylation sites is 1. The van der Waals surface area contributed by atoms with Crippen LogP contribution in [0.4, 0.5) is 0 Å². The van der Waals surface area contributed by atoms with E-state index in [1.807, 2.05) is 42.6 Å². The molecular formula is C14H16O2S. The molecule has 0 saturated carbocycles. The summed E-state index contributed by atoms with van der Waals surface area (Å²) < 4.78 is 5.75. The largest absolute Gasteiger partial charge is 0.488 e. The average Bonchev–Trinajstić information content (AvgIpc) is 2.89. The lowest BCUT2D eigenvalue weighted by atomic mass is 10.1. The van der Waals surface area contributed by atoms with E-state index in [-0.39, 0.29) is 0 Å². The fourth-order valence-electron chi connectivity index (χ4n) is 1.64. The summed E-state index contributed by atoms with van der Waals surface area (Å²) in [5.74, 6) is 0.771. The van der Waals surface area contributed by atoms with E-state index in [0.717, 1.165) is 16.9 Å². The highest BCUT2D eigenvalue weighted by molar-refractivity contribution is 7.07. The highest BCUT2D eigenvalue weighted by Crippen LogP contribution is 2.27. The number of rotatable bonds is 5. The Morgan fingerprint density at radius 2 is 2.12 bits per heavy atom. The van der Waals surface area contributed by atoms with Crippen LogP contribution in [0, 0.1) is 0 Å². The topological polar surface area (TPSA) is 29.5 Å². The monoisotopic (exact) mass is 248 g/mol. The third-order valence-electron chi connectivity index (χ3n) is 2.64. The summed E-state index contributed by atoms with van der Waals surface area (Å²) in [6.07, 6.45) is 0.243. The highest BCUT2D eigenvalue weighted by Gasteiger charge is 2.10. The van der Waals surface area contributed by atoms with Crippen molar-refractivity contribution < 1.29 is 9.84 Å². The minimum atomic E-state index is -0.450. The lowest BCUT2D eigenvalue weighted by Gasteiger charge is -2.14. The fourth-order valence-corrected chi connectivity index (χ4v) is 2.30. The predicted molar refractivity (Wildman–Crippen MR) is 70.3 cm³/mol. The van der Waals surface area contributed by atoms with E-state index in [2.05, 4.69) is 5.38 Å². The molecule has 1 atom stereocenters. The van der Waals surface area contributed by atoms with E-state index < -0.39 is 6.10 Å². The number of aliphatic hydroxyl groups is 1. The van der Waals surface area contributed by atoms with E-state index in [1.54, 1.807) is 11.3 Å². The Kier molecular flexibility index (Phi) is 4.18. The second-order valence-electron chi connectivity index (χ2n) is 3.88. The van der Waals surface area contributed by atoms with Gasteiger partial charge in [0.15, 0.2) is 0 Å². The van der Waals surface area contributed by atoms with Crippen LogP contribution < -0.4 is 4.74 Å². The summed E-state index contributed by atoms with van der Waals surface area (Å²) in [4.78, 5) is 0. The van der Waals surface area contributed by atoms with Crippen molar-refractivity contribution in [2.24, 2.45) is 0 Å². The lowest BCUT2D eigenvalue weighted by Crippen LogP contribution is -2.01. The molecule has 90 valence electrons. The van der Waals surface area contributed by atoms with Gasteiger partial charge in [0.25, 0.3) is 0 Å². The van der Waals surface area contributed by atoms with Crippen molar-refractivity contribution in [2.45, 2.75) is 26.1 Å². The highest BCUT2D eigenvalue weighted by atomic mass is 32.1. The summed E-state index contributed by atoms with van der Waals surface area (Å²) in [5.41, 5.74) is 2.03. The van der Waals surface area contributed by atoms with Crippen LogP contribution >= 0.6 is 11.3 Å². The molecule has 0 radical (unpaired) electrons. The van der Waals surface area contributed by atoms with Gasteiger partial charge >= 0.3 is 0 Å². The molecule has 0 fully saturated rings. The maximum Gasteiger partial charge on any atom is 0.125 e. The third kappa shape index (κ3) is 3.08. The standard InChI is InChI=1S/C14H16O2S/c1-2-13(15)12-5-3-4-6-14(12)16-9-11-7-8-17-10-11/h3-8,10,13,15H,2,9H2,1H3/t13-/m0/s1. The number of ether oxygens (including phenoxy) is 1. The van der Waals surface area contributed by atoms with Gasteiger partial charge in [0.05, 0.1) is 6.10 Å². The van der Waals surface area contributed by atoms with Crippen molar-refractivity contribution in [2.75, 3.05) is 0 Å². The summed E-state index contributed by atoms with van der Waals surface area (Å²) in [6.45, 7) is 2.51. The summed E-state index contributed by atoms with van der Waals surface area (Å²) in [6, 6.07) is 9.71. The number of aliphatic hydroxyl groups excluding tert-OH is 1. The molecule has 2 rings (SSSR count). The van der Waals surface area contributed by atoms with E-state index >= 15 is 0 Å². The van der Waals surface area contributed by atoms with Crippen LogP contribution in [0.1, 0.15) is 30.6 Å². The Morgan fingerprint density at radius 1 is 1.29 bits per heavy atom. The maximum absolute atomic E-state index is 9.89. The molecule has 1 aromatic heterocycles. The van der Waals surface area contributed by atoms with E-state index in [9.17, 15) is 5.11 Å². The second kappa shape index (κ2) is 5.84. The minimum Gasteiger partial charge on any atom is -0.488 e. The van der Waals surface area contributed by atoms with Crippen LogP contribution in [-0.2, 0) is 6.61 Å². The van der Waals surface area contributed by atoms with Crippen molar-refractivity contribution in [3.63, 3.8) is 0 Å². The Morgan fingerprint density at radius 3 is 2.82 bits per heavy atom. The Balaban J connectivity index is 2.09. The Hall–Kier alpha value is -1.32. The van der Waals surface area contributed by atoms with Gasteiger partial charge in [0.2, 0.25) is 0 Å². The molecule has 0 aliphatic heterocycles. The minimum absolute atomic E-state index is 0.450. The van der Waals surface area contributed by atoms with E-state index in [1.165, 1.54) is 0 Å². The quantitative estimate of drug-likeness (QED) is 0.872. The molecular weight excluding hydrogens is 232 g/mol. The number of hydrogen-bond donors (Lipinski definition) is 1. The number of hydrogen-bond acceptors (Lipinski definition) is 3. The van der Waals surface area contributed by atoms with Gasteiger partial charge in [-0.05, 0) is 34.9 Å². The lowest BCUT2D eigenvalue weighted by molar-refractivity contribution is 0.166. The van der Waals surface area contributed by atoms with Crippen LogP contribution in [0.5, 0.6) is 5.75 Å². The van der Waals surface area contributed by atoms with Gasteiger partial charge < -0.3 is 9.84 Å². The molecule has 17 heavy (non-hydrogen) atoms. The Labute approximate surface area is 105 Å². The van der Waals surface area contributed by atoms with Gasteiger partial charge in [-0.2, -0.15) is 11.3 Å². The first-order valence-corrected chi connectivity index (χ1v) is 6.66. The van der Waals surface area contributed by atoms with Crippen molar-refractivity contribution in [1.82, 2.24) is 0 Å². The predicted octanol–water partition coefficient (Wildman–Crippen LogP) is 3.77. The molecule has 0 saturated heterocycles. The third-order valence-corrected chi connectivity index (χ3v) is 3.37. The van der Waals surface area contributed by atoms with Gasteiger partial charge in [-0.25, -0.2) is 0 Å². The molecule has 1 N–H and O–H groups in total. The molecule has 0 aliphatic carbocycles. The van der Waals surface area contributed by atoms with Crippen LogP contribution in [0.15, 0.2) is 41.1 Å². The zero-order valence-electron chi connectivity index (χ0n) is 9.80. The first kappa shape index (κ1) is 12.1. The maximum atomic E-state index is 9.89. The van der Waals surface area contributed by atoms with E-state index in [0.29, 0.717) is 13.0 Å². The van der Waals surface area contributed by atoms with Crippen LogP contribution in [0.2, 0.25) is 0 Å². The smallest absolute Gasteiger partial charge is 0.125 e. The van der Waals surface area contributed by atoms with Crippen molar-refractivity contribution in [3.8, 4) is 5.75 Å². The van der Waals surface area contributed by atoms with Crippen molar-refractivity contribution in [1.29, 1.82) is 0 Å². The van der Waals surface area contributed by atoms with Gasteiger partial charge in [0.1, 0.15) is 12.4 Å². The molecule has 2 aromatic rings. The van der Waals surface area contributed by atoms with Gasteiger partial charge in [-0.3, -0.25) is 0 Å². The fraction of sp³-hybridized carbons (Fsp3) is 0.286. The molecule has 0 amide bonds.